The maximum absolute atomic E-state index is 12.1. The van der Waals surface area contributed by atoms with E-state index in [4.69, 9.17) is 4.52 Å². The molecule has 1 aliphatic carbocycles. The van der Waals surface area contributed by atoms with Gasteiger partial charge >= 0.3 is 0 Å². The maximum atomic E-state index is 12.1. The monoisotopic (exact) mass is 327 g/mol. The highest BCUT2D eigenvalue weighted by atomic mass is 32.2. The van der Waals surface area contributed by atoms with Crippen LogP contribution >= 0.6 is 0 Å². The van der Waals surface area contributed by atoms with E-state index in [9.17, 15) is 13.2 Å². The highest BCUT2D eigenvalue weighted by molar-refractivity contribution is 7.89. The molecule has 1 aliphatic heterocycles. The topological polar surface area (TPSA) is 92.5 Å². The minimum atomic E-state index is -3.13. The van der Waals surface area contributed by atoms with Gasteiger partial charge in [0.15, 0.2) is 5.69 Å². The molecule has 7 nitrogen and oxygen atoms in total. The van der Waals surface area contributed by atoms with Crippen LogP contribution in [0, 0.1) is 0 Å². The molecule has 1 aromatic rings. The minimum Gasteiger partial charge on any atom is -0.360 e. The Balaban J connectivity index is 1.52. The zero-order valence-electron chi connectivity index (χ0n) is 12.6. The van der Waals surface area contributed by atoms with Gasteiger partial charge in [0, 0.05) is 31.1 Å². The quantitative estimate of drug-likeness (QED) is 0.874. The number of piperidine rings is 1. The highest BCUT2D eigenvalue weighted by Gasteiger charge is 2.30. The first-order valence-corrected chi connectivity index (χ1v) is 9.36. The SMILES string of the molecule is CCS(=O)(=O)N1CCC(NC(=O)c2cc(C3CC3)on2)CC1. The molecule has 1 amide bonds. The third-order valence-corrected chi connectivity index (χ3v) is 6.17. The van der Waals surface area contributed by atoms with Crippen molar-refractivity contribution >= 4 is 15.9 Å². The number of sulfonamides is 1. The second-order valence-electron chi connectivity index (χ2n) is 5.94. The molecule has 3 rings (SSSR count). The highest BCUT2D eigenvalue weighted by Crippen LogP contribution is 2.40. The molecule has 1 aromatic heterocycles. The third-order valence-electron chi connectivity index (χ3n) is 4.29. The number of amides is 1. The van der Waals surface area contributed by atoms with Gasteiger partial charge in [0.1, 0.15) is 5.76 Å². The van der Waals surface area contributed by atoms with Gasteiger partial charge < -0.3 is 9.84 Å². The van der Waals surface area contributed by atoms with Gasteiger partial charge in [0.2, 0.25) is 10.0 Å². The van der Waals surface area contributed by atoms with Gasteiger partial charge in [-0.2, -0.15) is 0 Å². The second kappa shape index (κ2) is 6.00. The average molecular weight is 327 g/mol. The van der Waals surface area contributed by atoms with Crippen molar-refractivity contribution < 1.29 is 17.7 Å². The van der Waals surface area contributed by atoms with E-state index in [1.54, 1.807) is 13.0 Å². The summed E-state index contributed by atoms with van der Waals surface area (Å²) in [6, 6.07) is 1.70. The number of hydrogen-bond donors (Lipinski definition) is 1. The number of nitrogens with zero attached hydrogens (tertiary/aromatic N) is 2. The number of carbonyl (C=O) groups excluding carboxylic acids is 1. The van der Waals surface area contributed by atoms with Gasteiger partial charge in [0.25, 0.3) is 5.91 Å². The third kappa shape index (κ3) is 3.33. The van der Waals surface area contributed by atoms with Crippen LogP contribution in [0.5, 0.6) is 0 Å². The Morgan fingerprint density at radius 1 is 1.36 bits per heavy atom. The Kier molecular flexibility index (Phi) is 4.22. The minimum absolute atomic E-state index is 0.0168. The summed E-state index contributed by atoms with van der Waals surface area (Å²) in [7, 11) is -3.13. The summed E-state index contributed by atoms with van der Waals surface area (Å²) in [5.74, 6) is 1.09. The van der Waals surface area contributed by atoms with E-state index in [1.165, 1.54) is 4.31 Å². The zero-order valence-corrected chi connectivity index (χ0v) is 13.4. The number of aromatic nitrogens is 1. The van der Waals surface area contributed by atoms with Crippen LogP contribution in [0.15, 0.2) is 10.6 Å². The molecule has 22 heavy (non-hydrogen) atoms. The maximum Gasteiger partial charge on any atom is 0.273 e. The van der Waals surface area contributed by atoms with Crippen molar-refractivity contribution in [1.29, 1.82) is 0 Å². The predicted octanol–water partition coefficient (Wildman–Crippen LogP) is 1.10. The van der Waals surface area contributed by atoms with Crippen molar-refractivity contribution in [3.8, 4) is 0 Å². The van der Waals surface area contributed by atoms with E-state index in [2.05, 4.69) is 10.5 Å². The summed E-state index contributed by atoms with van der Waals surface area (Å²) >= 11 is 0. The molecule has 122 valence electrons. The Morgan fingerprint density at radius 3 is 2.64 bits per heavy atom. The van der Waals surface area contributed by atoms with Gasteiger partial charge in [-0.1, -0.05) is 5.16 Å². The molecule has 0 spiro atoms. The van der Waals surface area contributed by atoms with E-state index in [0.717, 1.165) is 18.6 Å². The van der Waals surface area contributed by atoms with E-state index in [0.29, 0.717) is 37.5 Å². The first-order chi connectivity index (χ1) is 10.5. The second-order valence-corrected chi connectivity index (χ2v) is 8.19. The van der Waals surface area contributed by atoms with Crippen LogP contribution in [0.25, 0.3) is 0 Å². The van der Waals surface area contributed by atoms with Crippen LogP contribution in [0.2, 0.25) is 0 Å². The van der Waals surface area contributed by atoms with Crippen LogP contribution in [0.1, 0.15) is 54.8 Å². The summed E-state index contributed by atoms with van der Waals surface area (Å²) in [5.41, 5.74) is 0.311. The zero-order chi connectivity index (χ0) is 15.7. The summed E-state index contributed by atoms with van der Waals surface area (Å²) in [6.07, 6.45) is 3.44. The van der Waals surface area contributed by atoms with Crippen LogP contribution in [-0.2, 0) is 10.0 Å². The fourth-order valence-electron chi connectivity index (χ4n) is 2.68. The lowest BCUT2D eigenvalue weighted by Crippen LogP contribution is -2.46. The fourth-order valence-corrected chi connectivity index (χ4v) is 3.81. The number of carbonyl (C=O) groups is 1. The van der Waals surface area contributed by atoms with Crippen molar-refractivity contribution in [1.82, 2.24) is 14.8 Å². The molecule has 1 saturated carbocycles. The predicted molar refractivity (Wildman–Crippen MR) is 80.0 cm³/mol. The standard InChI is InChI=1S/C14H21N3O4S/c1-2-22(19,20)17-7-5-11(6-8-17)15-14(18)12-9-13(21-16-12)10-3-4-10/h9-11H,2-8H2,1H3,(H,15,18). The summed E-state index contributed by atoms with van der Waals surface area (Å²) in [4.78, 5) is 12.1. The molecule has 0 unspecified atom stereocenters. The molecular weight excluding hydrogens is 306 g/mol. The molecular formula is C14H21N3O4S. The molecule has 0 radical (unpaired) electrons. The van der Waals surface area contributed by atoms with Gasteiger partial charge in [0.05, 0.1) is 5.75 Å². The van der Waals surface area contributed by atoms with E-state index in [-0.39, 0.29) is 17.7 Å². The van der Waals surface area contributed by atoms with Crippen LogP contribution in [-0.4, -0.2) is 48.7 Å². The number of nitrogens with one attached hydrogen (secondary N) is 1. The van der Waals surface area contributed by atoms with Gasteiger partial charge in [-0.3, -0.25) is 4.79 Å². The van der Waals surface area contributed by atoms with Crippen molar-refractivity contribution in [3.05, 3.63) is 17.5 Å². The Labute approximate surface area is 130 Å². The van der Waals surface area contributed by atoms with Crippen LogP contribution in [0.4, 0.5) is 0 Å². The van der Waals surface area contributed by atoms with Crippen LogP contribution < -0.4 is 5.32 Å². The molecule has 0 aromatic carbocycles. The largest absolute Gasteiger partial charge is 0.360 e. The lowest BCUT2D eigenvalue weighted by atomic mass is 10.1. The number of hydrogen-bond acceptors (Lipinski definition) is 5. The Morgan fingerprint density at radius 2 is 2.05 bits per heavy atom. The lowest BCUT2D eigenvalue weighted by Gasteiger charge is -2.31. The first kappa shape index (κ1) is 15.5. The van der Waals surface area contributed by atoms with E-state index < -0.39 is 10.0 Å². The van der Waals surface area contributed by atoms with Gasteiger partial charge in [-0.05, 0) is 32.6 Å². The molecule has 1 N–H and O–H groups in total. The van der Waals surface area contributed by atoms with Gasteiger partial charge in [-0.25, -0.2) is 12.7 Å². The summed E-state index contributed by atoms with van der Waals surface area (Å²) in [6.45, 7) is 2.55. The molecule has 2 aliphatic rings. The van der Waals surface area contributed by atoms with Gasteiger partial charge in [-0.15, -0.1) is 0 Å². The molecule has 1 saturated heterocycles. The van der Waals surface area contributed by atoms with E-state index in [1.807, 2.05) is 0 Å². The summed E-state index contributed by atoms with van der Waals surface area (Å²) in [5, 5.41) is 6.73. The molecule has 8 heteroatoms. The summed E-state index contributed by atoms with van der Waals surface area (Å²) < 4.78 is 30.3. The van der Waals surface area contributed by atoms with Crippen molar-refractivity contribution in [2.75, 3.05) is 18.8 Å². The van der Waals surface area contributed by atoms with E-state index >= 15 is 0 Å². The molecule has 2 heterocycles. The van der Waals surface area contributed by atoms with Crippen LogP contribution in [0.3, 0.4) is 0 Å². The van der Waals surface area contributed by atoms with Crippen molar-refractivity contribution in [2.45, 2.75) is 44.6 Å². The fraction of sp³-hybridized carbons (Fsp3) is 0.714. The van der Waals surface area contributed by atoms with Crippen molar-refractivity contribution in [3.63, 3.8) is 0 Å². The Bertz CT molecular complexity index is 643. The lowest BCUT2D eigenvalue weighted by molar-refractivity contribution is 0.0914. The average Bonchev–Trinajstić information content (AvgIpc) is 3.25. The number of rotatable bonds is 5. The first-order valence-electron chi connectivity index (χ1n) is 7.75. The molecule has 0 atom stereocenters. The smallest absolute Gasteiger partial charge is 0.273 e. The molecule has 0 bridgehead atoms. The van der Waals surface area contributed by atoms with Crippen molar-refractivity contribution in [2.24, 2.45) is 0 Å². The molecule has 2 fully saturated rings. The normalized spacial score (nSPS) is 21.0. The Hall–Kier alpha value is -1.41.